The zero-order valence-electron chi connectivity index (χ0n) is 8.45. The minimum absolute atomic E-state index is 0.0934. The van der Waals surface area contributed by atoms with Crippen LogP contribution in [0.3, 0.4) is 0 Å². The van der Waals surface area contributed by atoms with Gasteiger partial charge in [-0.05, 0) is 6.07 Å². The number of hydrogen-bond donors (Lipinski definition) is 2. The van der Waals surface area contributed by atoms with Crippen LogP contribution < -0.4 is 5.32 Å². The summed E-state index contributed by atoms with van der Waals surface area (Å²) < 4.78 is 4.81. The van der Waals surface area contributed by atoms with Gasteiger partial charge in [-0.25, -0.2) is 14.8 Å². The Bertz CT molecular complexity index is 550. The van der Waals surface area contributed by atoms with Gasteiger partial charge in [0.1, 0.15) is 6.26 Å². The Morgan fingerprint density at radius 3 is 2.59 bits per heavy atom. The lowest BCUT2D eigenvalue weighted by Crippen LogP contribution is -2.13. The molecule has 0 unspecified atom stereocenters. The summed E-state index contributed by atoms with van der Waals surface area (Å²) in [6, 6.07) is 2.73. The number of rotatable bonds is 3. The third-order valence-corrected chi connectivity index (χ3v) is 1.86. The van der Waals surface area contributed by atoms with Crippen LogP contribution in [0.1, 0.15) is 20.9 Å². The summed E-state index contributed by atoms with van der Waals surface area (Å²) in [5, 5.41) is 11.0. The van der Waals surface area contributed by atoms with Crippen molar-refractivity contribution in [1.82, 2.24) is 9.97 Å². The molecule has 0 saturated heterocycles. The minimum Gasteiger partial charge on any atom is -0.478 e. The molecular weight excluding hydrogens is 226 g/mol. The molecule has 0 atom stereocenters. The summed E-state index contributed by atoms with van der Waals surface area (Å²) in [6.07, 6.45) is 3.92. The molecule has 0 aromatic carbocycles. The number of furan rings is 1. The first-order chi connectivity index (χ1) is 8.16. The zero-order valence-corrected chi connectivity index (χ0v) is 8.45. The van der Waals surface area contributed by atoms with E-state index < -0.39 is 11.9 Å². The maximum Gasteiger partial charge on any atom is 0.338 e. The summed E-state index contributed by atoms with van der Waals surface area (Å²) in [7, 11) is 0. The second-order valence-corrected chi connectivity index (χ2v) is 3.03. The van der Waals surface area contributed by atoms with E-state index in [1.807, 2.05) is 0 Å². The lowest BCUT2D eigenvalue weighted by molar-refractivity contribution is 0.0696. The number of aromatic nitrogens is 2. The summed E-state index contributed by atoms with van der Waals surface area (Å²) in [5.41, 5.74) is -0.0934. The van der Waals surface area contributed by atoms with Gasteiger partial charge in [-0.2, -0.15) is 0 Å². The molecule has 86 valence electrons. The third-order valence-electron chi connectivity index (χ3n) is 1.86. The smallest absolute Gasteiger partial charge is 0.338 e. The Labute approximate surface area is 95.1 Å². The van der Waals surface area contributed by atoms with Gasteiger partial charge in [0.05, 0.1) is 5.56 Å². The Balaban J connectivity index is 2.12. The Kier molecular flexibility index (Phi) is 2.82. The number of hydrogen-bond acceptors (Lipinski definition) is 5. The number of aromatic carboxylic acids is 1. The van der Waals surface area contributed by atoms with Gasteiger partial charge in [-0.3, -0.25) is 10.1 Å². The van der Waals surface area contributed by atoms with Crippen molar-refractivity contribution in [3.63, 3.8) is 0 Å². The van der Waals surface area contributed by atoms with Gasteiger partial charge in [0, 0.05) is 18.5 Å². The number of carbonyl (C=O) groups is 2. The third kappa shape index (κ3) is 2.46. The standard InChI is InChI=1S/C10H7N3O4/c14-8(13-10-11-2-1-3-12-10)7-4-6(5-17-7)9(15)16/h1-5H,(H,15,16)(H,11,12,13,14). The van der Waals surface area contributed by atoms with Crippen molar-refractivity contribution < 1.29 is 19.1 Å². The molecule has 0 bridgehead atoms. The van der Waals surface area contributed by atoms with E-state index in [1.54, 1.807) is 6.07 Å². The molecule has 0 spiro atoms. The highest BCUT2D eigenvalue weighted by molar-refractivity contribution is 6.02. The normalized spacial score (nSPS) is 9.88. The van der Waals surface area contributed by atoms with Crippen LogP contribution in [0.2, 0.25) is 0 Å². The minimum atomic E-state index is -1.16. The lowest BCUT2D eigenvalue weighted by Gasteiger charge is -1.98. The van der Waals surface area contributed by atoms with Crippen LogP contribution >= 0.6 is 0 Å². The van der Waals surface area contributed by atoms with E-state index in [0.29, 0.717) is 0 Å². The lowest BCUT2D eigenvalue weighted by atomic mass is 10.3. The highest BCUT2D eigenvalue weighted by Gasteiger charge is 2.15. The molecule has 17 heavy (non-hydrogen) atoms. The van der Waals surface area contributed by atoms with Crippen molar-refractivity contribution in [3.05, 3.63) is 42.1 Å². The second-order valence-electron chi connectivity index (χ2n) is 3.03. The van der Waals surface area contributed by atoms with Crippen molar-refractivity contribution in [2.45, 2.75) is 0 Å². The van der Waals surface area contributed by atoms with E-state index in [-0.39, 0.29) is 17.3 Å². The van der Waals surface area contributed by atoms with Crippen molar-refractivity contribution in [2.75, 3.05) is 5.32 Å². The van der Waals surface area contributed by atoms with Gasteiger partial charge >= 0.3 is 5.97 Å². The molecule has 0 radical (unpaired) electrons. The summed E-state index contributed by atoms with van der Waals surface area (Å²) in [4.78, 5) is 29.7. The Morgan fingerprint density at radius 1 is 1.29 bits per heavy atom. The van der Waals surface area contributed by atoms with Crippen LogP contribution in [0.15, 0.2) is 35.2 Å². The quantitative estimate of drug-likeness (QED) is 0.819. The fourth-order valence-corrected chi connectivity index (χ4v) is 1.09. The molecule has 0 aliphatic heterocycles. The molecule has 0 aliphatic rings. The van der Waals surface area contributed by atoms with Crippen molar-refractivity contribution in [1.29, 1.82) is 0 Å². The maximum absolute atomic E-state index is 11.6. The van der Waals surface area contributed by atoms with E-state index in [9.17, 15) is 9.59 Å². The Hall–Kier alpha value is -2.70. The van der Waals surface area contributed by atoms with Crippen molar-refractivity contribution >= 4 is 17.8 Å². The van der Waals surface area contributed by atoms with Gasteiger partial charge in [0.15, 0.2) is 5.76 Å². The molecule has 7 heteroatoms. The zero-order chi connectivity index (χ0) is 12.3. The number of carboxylic acid groups (broad SMARTS) is 1. The molecular formula is C10H7N3O4. The summed E-state index contributed by atoms with van der Waals surface area (Å²) in [6.45, 7) is 0. The number of carboxylic acids is 1. The highest BCUT2D eigenvalue weighted by Crippen LogP contribution is 2.09. The monoisotopic (exact) mass is 233 g/mol. The molecule has 1 amide bonds. The molecule has 2 N–H and O–H groups in total. The highest BCUT2D eigenvalue weighted by atomic mass is 16.4. The van der Waals surface area contributed by atoms with Crippen LogP contribution in [0.5, 0.6) is 0 Å². The first-order valence-corrected chi connectivity index (χ1v) is 4.57. The van der Waals surface area contributed by atoms with Gasteiger partial charge in [-0.15, -0.1) is 0 Å². The maximum atomic E-state index is 11.6. The second kappa shape index (κ2) is 4.44. The van der Waals surface area contributed by atoms with E-state index in [1.165, 1.54) is 12.4 Å². The van der Waals surface area contributed by atoms with Gasteiger partial charge in [-0.1, -0.05) is 0 Å². The topological polar surface area (TPSA) is 105 Å². The summed E-state index contributed by atoms with van der Waals surface area (Å²) in [5.74, 6) is -1.77. The van der Waals surface area contributed by atoms with Crippen LogP contribution in [-0.2, 0) is 0 Å². The number of amides is 1. The van der Waals surface area contributed by atoms with Crippen molar-refractivity contribution in [2.24, 2.45) is 0 Å². The average Bonchev–Trinajstić information content (AvgIpc) is 2.79. The van der Waals surface area contributed by atoms with Gasteiger partial charge in [0.2, 0.25) is 5.95 Å². The molecule has 2 aromatic heterocycles. The van der Waals surface area contributed by atoms with E-state index in [4.69, 9.17) is 9.52 Å². The predicted molar refractivity (Wildman–Crippen MR) is 55.7 cm³/mol. The molecule has 0 fully saturated rings. The first-order valence-electron chi connectivity index (χ1n) is 4.57. The number of carbonyl (C=O) groups excluding carboxylic acids is 1. The average molecular weight is 233 g/mol. The van der Waals surface area contributed by atoms with Crippen LogP contribution in [0.4, 0.5) is 5.95 Å². The summed E-state index contributed by atoms with van der Waals surface area (Å²) >= 11 is 0. The van der Waals surface area contributed by atoms with E-state index >= 15 is 0 Å². The molecule has 2 rings (SSSR count). The number of nitrogens with zero attached hydrogens (tertiary/aromatic N) is 2. The largest absolute Gasteiger partial charge is 0.478 e. The van der Waals surface area contributed by atoms with Gasteiger partial charge < -0.3 is 9.52 Å². The van der Waals surface area contributed by atoms with Gasteiger partial charge in [0.25, 0.3) is 5.91 Å². The molecule has 7 nitrogen and oxygen atoms in total. The van der Waals surface area contributed by atoms with E-state index in [2.05, 4.69) is 15.3 Å². The predicted octanol–water partition coefficient (Wildman–Crippen LogP) is 1.02. The van der Waals surface area contributed by atoms with Crippen LogP contribution in [0.25, 0.3) is 0 Å². The first kappa shape index (κ1) is 10.8. The molecule has 0 aliphatic carbocycles. The Morgan fingerprint density at radius 2 is 2.00 bits per heavy atom. The SMILES string of the molecule is O=C(O)c1coc(C(=O)Nc2ncccn2)c1. The number of anilines is 1. The fraction of sp³-hybridized carbons (Fsp3) is 0. The van der Waals surface area contributed by atoms with Crippen LogP contribution in [-0.4, -0.2) is 27.0 Å². The van der Waals surface area contributed by atoms with Crippen LogP contribution in [0, 0.1) is 0 Å². The van der Waals surface area contributed by atoms with E-state index in [0.717, 1.165) is 12.3 Å². The van der Waals surface area contributed by atoms with Crippen molar-refractivity contribution in [3.8, 4) is 0 Å². The molecule has 0 saturated carbocycles. The molecule has 2 aromatic rings. The fourth-order valence-electron chi connectivity index (χ4n) is 1.09. The number of nitrogens with one attached hydrogen (secondary N) is 1. The molecule has 2 heterocycles.